The predicted octanol–water partition coefficient (Wildman–Crippen LogP) is 3.47. The SMILES string of the molecule is CCCCCC(C#N)n1cc(-c2ncnc3[nH]ccc23)cn1. The average Bonchev–Trinajstić information content (AvgIpc) is 3.20. The highest BCUT2D eigenvalue weighted by molar-refractivity contribution is 5.89. The molecule has 3 rings (SSSR count). The van der Waals surface area contributed by atoms with Crippen LogP contribution in [0.25, 0.3) is 22.3 Å². The quantitative estimate of drug-likeness (QED) is 0.706. The minimum absolute atomic E-state index is 0.219. The Morgan fingerprint density at radius 1 is 1.36 bits per heavy atom. The molecule has 0 fully saturated rings. The van der Waals surface area contributed by atoms with E-state index < -0.39 is 0 Å². The third-order valence-corrected chi connectivity index (χ3v) is 3.78. The molecule has 112 valence electrons. The molecule has 1 atom stereocenters. The average molecular weight is 294 g/mol. The Morgan fingerprint density at radius 3 is 3.09 bits per heavy atom. The number of hydrogen-bond acceptors (Lipinski definition) is 4. The largest absolute Gasteiger partial charge is 0.346 e. The number of unbranched alkanes of at least 4 members (excludes halogenated alkanes) is 2. The van der Waals surface area contributed by atoms with Gasteiger partial charge in [0, 0.05) is 23.3 Å². The zero-order chi connectivity index (χ0) is 15.4. The maximum absolute atomic E-state index is 9.36. The van der Waals surface area contributed by atoms with Crippen LogP contribution in [0, 0.1) is 11.3 Å². The molecule has 1 N–H and O–H groups in total. The lowest BCUT2D eigenvalue weighted by atomic mass is 10.1. The number of nitrogens with one attached hydrogen (secondary N) is 1. The molecule has 0 radical (unpaired) electrons. The van der Waals surface area contributed by atoms with Gasteiger partial charge >= 0.3 is 0 Å². The van der Waals surface area contributed by atoms with Gasteiger partial charge in [-0.3, -0.25) is 4.68 Å². The van der Waals surface area contributed by atoms with Crippen molar-refractivity contribution < 1.29 is 0 Å². The third kappa shape index (κ3) is 2.70. The zero-order valence-corrected chi connectivity index (χ0v) is 12.5. The summed E-state index contributed by atoms with van der Waals surface area (Å²) in [6, 6.07) is 4.07. The number of nitrogens with zero attached hydrogens (tertiary/aromatic N) is 5. The van der Waals surface area contributed by atoms with E-state index in [1.54, 1.807) is 10.9 Å². The molecule has 0 aliphatic rings. The van der Waals surface area contributed by atoms with E-state index in [9.17, 15) is 5.26 Å². The molecule has 0 bridgehead atoms. The van der Waals surface area contributed by atoms with Crippen LogP contribution in [-0.2, 0) is 0 Å². The van der Waals surface area contributed by atoms with Crippen LogP contribution in [0.3, 0.4) is 0 Å². The first-order valence-corrected chi connectivity index (χ1v) is 7.55. The van der Waals surface area contributed by atoms with Gasteiger partial charge in [-0.25, -0.2) is 9.97 Å². The Labute approximate surface area is 128 Å². The highest BCUT2D eigenvalue weighted by atomic mass is 15.3. The molecule has 1 unspecified atom stereocenters. The first kappa shape index (κ1) is 14.3. The minimum Gasteiger partial charge on any atom is -0.346 e. The second-order valence-corrected chi connectivity index (χ2v) is 5.31. The van der Waals surface area contributed by atoms with Crippen molar-refractivity contribution in [3.8, 4) is 17.3 Å². The smallest absolute Gasteiger partial charge is 0.141 e. The fourth-order valence-electron chi connectivity index (χ4n) is 2.58. The highest BCUT2D eigenvalue weighted by Gasteiger charge is 2.14. The minimum atomic E-state index is -0.219. The van der Waals surface area contributed by atoms with Crippen molar-refractivity contribution in [2.45, 2.75) is 38.6 Å². The molecule has 6 heteroatoms. The first-order valence-electron chi connectivity index (χ1n) is 7.55. The number of aromatic nitrogens is 5. The third-order valence-electron chi connectivity index (χ3n) is 3.78. The maximum atomic E-state index is 9.36. The van der Waals surface area contributed by atoms with Crippen LogP contribution in [0.1, 0.15) is 38.6 Å². The van der Waals surface area contributed by atoms with Crippen LogP contribution < -0.4 is 0 Å². The van der Waals surface area contributed by atoms with Gasteiger partial charge in [0.25, 0.3) is 0 Å². The summed E-state index contributed by atoms with van der Waals surface area (Å²) in [7, 11) is 0. The fourth-order valence-corrected chi connectivity index (χ4v) is 2.58. The van der Waals surface area contributed by atoms with Gasteiger partial charge in [0.2, 0.25) is 0 Å². The van der Waals surface area contributed by atoms with E-state index in [4.69, 9.17) is 0 Å². The van der Waals surface area contributed by atoms with E-state index in [0.717, 1.165) is 48.0 Å². The molecule has 0 aromatic carbocycles. The molecule has 0 aliphatic carbocycles. The monoisotopic (exact) mass is 294 g/mol. The highest BCUT2D eigenvalue weighted by Crippen LogP contribution is 2.25. The molecule has 0 saturated heterocycles. The first-order chi connectivity index (χ1) is 10.8. The summed E-state index contributed by atoms with van der Waals surface area (Å²) in [6.45, 7) is 2.16. The summed E-state index contributed by atoms with van der Waals surface area (Å²) in [6.07, 6.45) is 11.2. The molecule has 0 spiro atoms. The van der Waals surface area contributed by atoms with E-state index in [-0.39, 0.29) is 6.04 Å². The normalized spacial score (nSPS) is 12.4. The summed E-state index contributed by atoms with van der Waals surface area (Å²) in [5.41, 5.74) is 2.54. The molecule has 0 amide bonds. The number of H-pyrrole nitrogens is 1. The molecule has 3 aromatic heterocycles. The van der Waals surface area contributed by atoms with E-state index in [1.165, 1.54) is 6.33 Å². The lowest BCUT2D eigenvalue weighted by Gasteiger charge is -2.08. The maximum Gasteiger partial charge on any atom is 0.141 e. The van der Waals surface area contributed by atoms with Gasteiger partial charge in [-0.1, -0.05) is 26.2 Å². The fraction of sp³-hybridized carbons (Fsp3) is 0.375. The summed E-state index contributed by atoms with van der Waals surface area (Å²) in [4.78, 5) is 11.6. The standard InChI is InChI=1S/C16H18N6/c1-2-3-4-5-13(8-17)22-10-12(9-21-22)15-14-6-7-18-16(14)20-11-19-15/h6-7,9-11,13H,2-5H2,1H3,(H,18,19,20). The van der Waals surface area contributed by atoms with E-state index in [0.29, 0.717) is 0 Å². The Hall–Kier alpha value is -2.68. The van der Waals surface area contributed by atoms with Crippen LogP contribution in [-0.4, -0.2) is 24.7 Å². The Bertz CT molecular complexity index is 794. The lowest BCUT2D eigenvalue weighted by molar-refractivity contribution is 0.486. The van der Waals surface area contributed by atoms with Crippen LogP contribution in [0.4, 0.5) is 0 Å². The van der Waals surface area contributed by atoms with Gasteiger partial charge in [0.15, 0.2) is 0 Å². The lowest BCUT2D eigenvalue weighted by Crippen LogP contribution is -2.07. The molecular weight excluding hydrogens is 276 g/mol. The molecule has 6 nitrogen and oxygen atoms in total. The Balaban J connectivity index is 1.87. The molecule has 3 heterocycles. The van der Waals surface area contributed by atoms with Crippen molar-refractivity contribution in [2.75, 3.05) is 0 Å². The van der Waals surface area contributed by atoms with Crippen molar-refractivity contribution in [3.05, 3.63) is 31.0 Å². The predicted molar refractivity (Wildman–Crippen MR) is 83.9 cm³/mol. The van der Waals surface area contributed by atoms with Crippen molar-refractivity contribution in [1.82, 2.24) is 24.7 Å². The summed E-state index contributed by atoms with van der Waals surface area (Å²) in [5.74, 6) is 0. The number of aromatic amines is 1. The molecule has 0 saturated carbocycles. The van der Waals surface area contributed by atoms with E-state index in [1.807, 2.05) is 18.5 Å². The number of nitriles is 1. The van der Waals surface area contributed by atoms with Gasteiger partial charge < -0.3 is 4.98 Å². The molecule has 0 aliphatic heterocycles. The zero-order valence-electron chi connectivity index (χ0n) is 12.5. The van der Waals surface area contributed by atoms with Crippen LogP contribution in [0.5, 0.6) is 0 Å². The van der Waals surface area contributed by atoms with Crippen molar-refractivity contribution in [3.63, 3.8) is 0 Å². The summed E-state index contributed by atoms with van der Waals surface area (Å²) in [5, 5.41) is 14.7. The number of hydrogen-bond donors (Lipinski definition) is 1. The van der Waals surface area contributed by atoms with E-state index in [2.05, 4.69) is 33.0 Å². The Morgan fingerprint density at radius 2 is 2.27 bits per heavy atom. The topological polar surface area (TPSA) is 83.2 Å². The number of rotatable bonds is 6. The molecule has 22 heavy (non-hydrogen) atoms. The van der Waals surface area contributed by atoms with Crippen LogP contribution >= 0.6 is 0 Å². The summed E-state index contributed by atoms with van der Waals surface area (Å²) < 4.78 is 1.74. The van der Waals surface area contributed by atoms with Gasteiger partial charge in [-0.05, 0) is 12.5 Å². The van der Waals surface area contributed by atoms with Crippen molar-refractivity contribution in [2.24, 2.45) is 0 Å². The Kier molecular flexibility index (Phi) is 4.15. The second kappa shape index (κ2) is 6.39. The van der Waals surface area contributed by atoms with Crippen LogP contribution in [0.2, 0.25) is 0 Å². The van der Waals surface area contributed by atoms with Gasteiger partial charge in [-0.2, -0.15) is 10.4 Å². The molecular formula is C16H18N6. The van der Waals surface area contributed by atoms with E-state index >= 15 is 0 Å². The molecule has 3 aromatic rings. The summed E-state index contributed by atoms with van der Waals surface area (Å²) >= 11 is 0. The van der Waals surface area contributed by atoms with Gasteiger partial charge in [0.1, 0.15) is 18.0 Å². The second-order valence-electron chi connectivity index (χ2n) is 5.31. The number of fused-ring (bicyclic) bond motifs is 1. The van der Waals surface area contributed by atoms with Gasteiger partial charge in [-0.15, -0.1) is 0 Å². The van der Waals surface area contributed by atoms with Crippen molar-refractivity contribution in [1.29, 1.82) is 5.26 Å². The van der Waals surface area contributed by atoms with Gasteiger partial charge in [0.05, 0.1) is 18.0 Å². The van der Waals surface area contributed by atoms with Crippen molar-refractivity contribution >= 4 is 11.0 Å². The van der Waals surface area contributed by atoms with Crippen LogP contribution in [0.15, 0.2) is 31.0 Å².